The molecule has 120 valence electrons. The molecule has 3 N–H and O–H groups in total. The van der Waals surface area contributed by atoms with E-state index in [1.54, 1.807) is 12.1 Å². The van der Waals surface area contributed by atoms with Gasteiger partial charge in [-0.05, 0) is 32.9 Å². The number of benzene rings is 1. The Morgan fingerprint density at radius 3 is 2.50 bits per heavy atom. The van der Waals surface area contributed by atoms with Gasteiger partial charge in [-0.25, -0.2) is 0 Å². The lowest BCUT2D eigenvalue weighted by Gasteiger charge is -2.25. The SMILES string of the molecule is Cc1ccc(C(=O)C(CNC2CCNCC2)CC(=O)O)cc1. The van der Waals surface area contributed by atoms with E-state index in [9.17, 15) is 9.59 Å². The highest BCUT2D eigenvalue weighted by atomic mass is 16.4. The zero-order valence-corrected chi connectivity index (χ0v) is 13.0. The zero-order chi connectivity index (χ0) is 15.9. The second-order valence-electron chi connectivity index (χ2n) is 5.96. The number of aryl methyl sites for hydroxylation is 1. The molecule has 1 aliphatic heterocycles. The van der Waals surface area contributed by atoms with Crippen LogP contribution in [0.3, 0.4) is 0 Å². The van der Waals surface area contributed by atoms with Gasteiger partial charge >= 0.3 is 5.97 Å². The van der Waals surface area contributed by atoms with E-state index >= 15 is 0 Å². The molecule has 0 aromatic heterocycles. The fourth-order valence-corrected chi connectivity index (χ4v) is 2.76. The van der Waals surface area contributed by atoms with Crippen LogP contribution < -0.4 is 10.6 Å². The third-order valence-corrected chi connectivity index (χ3v) is 4.12. The molecular weight excluding hydrogens is 280 g/mol. The first-order chi connectivity index (χ1) is 10.6. The van der Waals surface area contributed by atoms with Gasteiger partial charge in [-0.3, -0.25) is 9.59 Å². The molecule has 1 aromatic carbocycles. The van der Waals surface area contributed by atoms with Gasteiger partial charge in [0.1, 0.15) is 0 Å². The molecule has 1 fully saturated rings. The van der Waals surface area contributed by atoms with Crippen LogP contribution in [0.5, 0.6) is 0 Å². The average Bonchev–Trinajstić information content (AvgIpc) is 2.52. The van der Waals surface area contributed by atoms with Gasteiger partial charge in [-0.2, -0.15) is 0 Å². The molecule has 0 radical (unpaired) electrons. The second kappa shape index (κ2) is 8.06. The molecule has 1 atom stereocenters. The lowest BCUT2D eigenvalue weighted by Crippen LogP contribution is -2.43. The number of hydrogen-bond acceptors (Lipinski definition) is 4. The summed E-state index contributed by atoms with van der Waals surface area (Å²) in [6, 6.07) is 7.67. The Bertz CT molecular complexity index is 507. The van der Waals surface area contributed by atoms with Crippen molar-refractivity contribution in [3.8, 4) is 0 Å². The minimum atomic E-state index is -0.933. The molecular formula is C17H24N2O3. The van der Waals surface area contributed by atoms with Gasteiger partial charge in [-0.1, -0.05) is 29.8 Å². The molecule has 1 aromatic rings. The average molecular weight is 304 g/mol. The zero-order valence-electron chi connectivity index (χ0n) is 13.0. The van der Waals surface area contributed by atoms with Gasteiger partial charge in [0.05, 0.1) is 6.42 Å². The van der Waals surface area contributed by atoms with Crippen LogP contribution in [0, 0.1) is 12.8 Å². The van der Waals surface area contributed by atoms with Crippen molar-refractivity contribution < 1.29 is 14.7 Å². The maximum atomic E-state index is 12.5. The van der Waals surface area contributed by atoms with E-state index in [2.05, 4.69) is 10.6 Å². The first kappa shape index (κ1) is 16.6. The summed E-state index contributed by atoms with van der Waals surface area (Å²) in [7, 11) is 0. The molecule has 1 saturated heterocycles. The van der Waals surface area contributed by atoms with Crippen molar-refractivity contribution in [3.05, 3.63) is 35.4 Å². The molecule has 22 heavy (non-hydrogen) atoms. The summed E-state index contributed by atoms with van der Waals surface area (Å²) in [6.45, 7) is 4.31. The molecule has 2 rings (SSSR count). The molecule has 0 spiro atoms. The molecule has 1 aliphatic rings. The van der Waals surface area contributed by atoms with Crippen molar-refractivity contribution in [2.24, 2.45) is 5.92 Å². The molecule has 1 unspecified atom stereocenters. The van der Waals surface area contributed by atoms with Crippen LogP contribution in [-0.2, 0) is 4.79 Å². The predicted octanol–water partition coefficient (Wildman–Crippen LogP) is 1.61. The van der Waals surface area contributed by atoms with Crippen LogP contribution in [0.15, 0.2) is 24.3 Å². The Kier molecular flexibility index (Phi) is 6.10. The summed E-state index contributed by atoms with van der Waals surface area (Å²) >= 11 is 0. The van der Waals surface area contributed by atoms with Crippen LogP contribution in [0.1, 0.15) is 35.2 Å². The Balaban J connectivity index is 1.99. The van der Waals surface area contributed by atoms with Gasteiger partial charge in [0.2, 0.25) is 0 Å². The molecule has 0 aliphatic carbocycles. The highest BCUT2D eigenvalue weighted by molar-refractivity contribution is 5.99. The minimum absolute atomic E-state index is 0.0937. The number of carboxylic acid groups (broad SMARTS) is 1. The third-order valence-electron chi connectivity index (χ3n) is 4.12. The van der Waals surface area contributed by atoms with Crippen molar-refractivity contribution in [2.45, 2.75) is 32.2 Å². The number of piperidine rings is 1. The third kappa shape index (κ3) is 4.93. The smallest absolute Gasteiger partial charge is 0.304 e. The number of aliphatic carboxylic acids is 1. The summed E-state index contributed by atoms with van der Waals surface area (Å²) in [5.41, 5.74) is 1.67. The predicted molar refractivity (Wildman–Crippen MR) is 85.1 cm³/mol. The number of nitrogens with one attached hydrogen (secondary N) is 2. The number of hydrogen-bond donors (Lipinski definition) is 3. The first-order valence-electron chi connectivity index (χ1n) is 7.83. The largest absolute Gasteiger partial charge is 0.481 e. The van der Waals surface area contributed by atoms with Crippen molar-refractivity contribution in [3.63, 3.8) is 0 Å². The standard InChI is InChI=1S/C17H24N2O3/c1-12-2-4-13(5-3-12)17(22)14(10-16(20)21)11-19-15-6-8-18-9-7-15/h2-5,14-15,18-19H,6-11H2,1H3,(H,20,21). The monoisotopic (exact) mass is 304 g/mol. The van der Waals surface area contributed by atoms with Crippen LogP contribution in [0.25, 0.3) is 0 Å². The number of carboxylic acids is 1. The topological polar surface area (TPSA) is 78.4 Å². The van der Waals surface area contributed by atoms with Crippen molar-refractivity contribution in [2.75, 3.05) is 19.6 Å². The summed E-state index contributed by atoms with van der Waals surface area (Å²) in [5, 5.41) is 15.7. The quantitative estimate of drug-likeness (QED) is 0.667. The Hall–Kier alpha value is -1.72. The van der Waals surface area contributed by atoms with Gasteiger partial charge in [0, 0.05) is 24.1 Å². The van der Waals surface area contributed by atoms with Crippen molar-refractivity contribution >= 4 is 11.8 Å². The van der Waals surface area contributed by atoms with Crippen LogP contribution >= 0.6 is 0 Å². The van der Waals surface area contributed by atoms with E-state index in [0.717, 1.165) is 31.5 Å². The summed E-state index contributed by atoms with van der Waals surface area (Å²) < 4.78 is 0. The Labute approximate surface area is 131 Å². The Morgan fingerprint density at radius 1 is 1.27 bits per heavy atom. The van der Waals surface area contributed by atoms with Gasteiger partial charge in [0.25, 0.3) is 0 Å². The van der Waals surface area contributed by atoms with Crippen LogP contribution in [-0.4, -0.2) is 42.5 Å². The highest BCUT2D eigenvalue weighted by Crippen LogP contribution is 2.14. The molecule has 0 saturated carbocycles. The lowest BCUT2D eigenvalue weighted by molar-refractivity contribution is -0.137. The fourth-order valence-electron chi connectivity index (χ4n) is 2.76. The molecule has 0 amide bonds. The van der Waals surface area contributed by atoms with E-state index in [4.69, 9.17) is 5.11 Å². The van der Waals surface area contributed by atoms with E-state index in [-0.39, 0.29) is 12.2 Å². The maximum Gasteiger partial charge on any atom is 0.304 e. The number of carbonyl (C=O) groups is 2. The van der Waals surface area contributed by atoms with Gasteiger partial charge in [-0.15, -0.1) is 0 Å². The minimum Gasteiger partial charge on any atom is -0.481 e. The molecule has 1 heterocycles. The second-order valence-corrected chi connectivity index (χ2v) is 5.96. The fraction of sp³-hybridized carbons (Fsp3) is 0.529. The first-order valence-corrected chi connectivity index (χ1v) is 7.83. The van der Waals surface area contributed by atoms with Gasteiger partial charge < -0.3 is 15.7 Å². The lowest BCUT2D eigenvalue weighted by atomic mass is 9.93. The molecule has 5 heteroatoms. The van der Waals surface area contributed by atoms with E-state index in [1.165, 1.54) is 0 Å². The maximum absolute atomic E-state index is 12.5. The number of rotatable bonds is 7. The Morgan fingerprint density at radius 2 is 1.91 bits per heavy atom. The number of Topliss-reactive ketones (excluding diaryl/α,β-unsaturated/α-hetero) is 1. The van der Waals surface area contributed by atoms with Crippen molar-refractivity contribution in [1.29, 1.82) is 0 Å². The summed E-state index contributed by atoms with van der Waals surface area (Å²) in [5.74, 6) is -1.54. The molecule has 0 bridgehead atoms. The normalized spacial score (nSPS) is 17.1. The number of carbonyl (C=O) groups excluding carboxylic acids is 1. The highest BCUT2D eigenvalue weighted by Gasteiger charge is 2.24. The summed E-state index contributed by atoms with van der Waals surface area (Å²) in [6.07, 6.45) is 1.89. The number of ketones is 1. The summed E-state index contributed by atoms with van der Waals surface area (Å²) in [4.78, 5) is 23.6. The molecule has 5 nitrogen and oxygen atoms in total. The van der Waals surface area contributed by atoms with Crippen LogP contribution in [0.2, 0.25) is 0 Å². The van der Waals surface area contributed by atoms with Crippen molar-refractivity contribution in [1.82, 2.24) is 10.6 Å². The van der Waals surface area contributed by atoms with Crippen LogP contribution in [0.4, 0.5) is 0 Å². The van der Waals surface area contributed by atoms with E-state index < -0.39 is 11.9 Å². The van der Waals surface area contributed by atoms with E-state index in [1.807, 2.05) is 19.1 Å². The van der Waals surface area contributed by atoms with E-state index in [0.29, 0.717) is 18.2 Å². The van der Waals surface area contributed by atoms with Gasteiger partial charge in [0.15, 0.2) is 5.78 Å².